The van der Waals surface area contributed by atoms with E-state index < -0.39 is 20.6 Å². The van der Waals surface area contributed by atoms with Gasteiger partial charge in [-0.3, -0.25) is 11.3 Å². The molecule has 0 aliphatic heterocycles. The largest absolute Gasteiger partial charge is 0.496 e. The molecule has 3 N–H and O–H groups in total. The van der Waals surface area contributed by atoms with Gasteiger partial charge in [-0.15, -0.1) is 0 Å². The Kier molecular flexibility index (Phi) is 5.60. The number of methoxy groups -OCH3 is 1. The Morgan fingerprint density at radius 2 is 2.05 bits per heavy atom. The van der Waals surface area contributed by atoms with Crippen LogP contribution in [0.4, 0.5) is 0 Å². The van der Waals surface area contributed by atoms with Gasteiger partial charge in [-0.05, 0) is 53.9 Å². The van der Waals surface area contributed by atoms with Crippen LogP contribution < -0.4 is 16.0 Å². The molecule has 1 rings (SSSR count). The molecular formula is C13H21BrN2O3S. The first-order chi connectivity index (χ1) is 9.13. The monoisotopic (exact) mass is 364 g/mol. The van der Waals surface area contributed by atoms with Gasteiger partial charge in [-0.1, -0.05) is 6.07 Å². The molecule has 1 aromatic carbocycles. The van der Waals surface area contributed by atoms with Gasteiger partial charge in [-0.25, -0.2) is 8.42 Å². The molecule has 0 saturated carbocycles. The number of benzene rings is 1. The molecule has 1 unspecified atom stereocenters. The Labute approximate surface area is 128 Å². The maximum absolute atomic E-state index is 11.9. The predicted octanol–water partition coefficient (Wildman–Crippen LogP) is 1.66. The zero-order chi connectivity index (χ0) is 15.6. The van der Waals surface area contributed by atoms with Gasteiger partial charge in [0, 0.05) is 12.3 Å². The summed E-state index contributed by atoms with van der Waals surface area (Å²) in [6.07, 6.45) is 1.72. The number of hydrazine groups is 1. The zero-order valence-corrected chi connectivity index (χ0v) is 14.5. The van der Waals surface area contributed by atoms with E-state index in [0.29, 0.717) is 6.42 Å². The molecule has 0 saturated heterocycles. The van der Waals surface area contributed by atoms with Crippen LogP contribution in [0.15, 0.2) is 22.7 Å². The summed E-state index contributed by atoms with van der Waals surface area (Å²) >= 11 is 3.41. The van der Waals surface area contributed by atoms with Crippen LogP contribution in [0.3, 0.4) is 0 Å². The Hall–Kier alpha value is -0.630. The minimum atomic E-state index is -3.24. The summed E-state index contributed by atoms with van der Waals surface area (Å²) in [6.45, 7) is 3.34. The third-order valence-electron chi connectivity index (χ3n) is 3.65. The molecule has 20 heavy (non-hydrogen) atoms. The lowest BCUT2D eigenvalue weighted by Crippen LogP contribution is -2.55. The van der Waals surface area contributed by atoms with E-state index in [2.05, 4.69) is 21.4 Å². The molecule has 0 aromatic heterocycles. The van der Waals surface area contributed by atoms with Gasteiger partial charge in [0.25, 0.3) is 0 Å². The molecule has 1 aromatic rings. The Morgan fingerprint density at radius 3 is 2.45 bits per heavy atom. The average Bonchev–Trinajstić information content (AvgIpc) is 2.34. The third-order valence-corrected chi connectivity index (χ3v) is 6.47. The molecule has 0 bridgehead atoms. The summed E-state index contributed by atoms with van der Waals surface area (Å²) in [4.78, 5) is 0. The number of nitrogens with one attached hydrogen (secondary N) is 1. The van der Waals surface area contributed by atoms with Gasteiger partial charge in [-0.2, -0.15) is 0 Å². The lowest BCUT2D eigenvalue weighted by Gasteiger charge is -2.32. The quantitative estimate of drug-likeness (QED) is 0.592. The molecule has 0 radical (unpaired) electrons. The highest BCUT2D eigenvalue weighted by Gasteiger charge is 2.38. The van der Waals surface area contributed by atoms with E-state index in [1.165, 1.54) is 6.26 Å². The molecule has 114 valence electrons. The van der Waals surface area contributed by atoms with E-state index >= 15 is 0 Å². The van der Waals surface area contributed by atoms with Crippen molar-refractivity contribution in [2.45, 2.75) is 31.1 Å². The molecule has 5 nitrogen and oxygen atoms in total. The number of ether oxygens (including phenoxy) is 1. The summed E-state index contributed by atoms with van der Waals surface area (Å²) < 4.78 is 28.8. The number of sulfone groups is 1. The molecule has 0 spiro atoms. The van der Waals surface area contributed by atoms with Gasteiger partial charge in [0.15, 0.2) is 9.84 Å². The minimum Gasteiger partial charge on any atom is -0.496 e. The summed E-state index contributed by atoms with van der Waals surface area (Å²) in [6, 6.07) is 5.24. The van der Waals surface area contributed by atoms with Crippen molar-refractivity contribution in [3.63, 3.8) is 0 Å². The molecule has 0 fully saturated rings. The fourth-order valence-electron chi connectivity index (χ4n) is 1.84. The third kappa shape index (κ3) is 3.72. The van der Waals surface area contributed by atoms with Gasteiger partial charge < -0.3 is 4.74 Å². The topological polar surface area (TPSA) is 81.4 Å². The van der Waals surface area contributed by atoms with Crippen molar-refractivity contribution in [3.05, 3.63) is 28.2 Å². The van der Waals surface area contributed by atoms with Gasteiger partial charge in [0.05, 0.1) is 16.3 Å². The molecule has 7 heteroatoms. The van der Waals surface area contributed by atoms with Crippen molar-refractivity contribution in [1.29, 1.82) is 0 Å². The second kappa shape index (κ2) is 6.43. The minimum absolute atomic E-state index is 0.391. The van der Waals surface area contributed by atoms with Crippen molar-refractivity contribution in [3.8, 4) is 5.75 Å². The Balaban J connectivity index is 3.03. The van der Waals surface area contributed by atoms with Crippen LogP contribution in [0.5, 0.6) is 5.75 Å². The second-order valence-corrected chi connectivity index (χ2v) is 8.72. The normalized spacial score (nSPS) is 14.1. The molecule has 0 aliphatic carbocycles. The van der Waals surface area contributed by atoms with Crippen LogP contribution in [0.2, 0.25) is 0 Å². The summed E-state index contributed by atoms with van der Waals surface area (Å²) in [5.74, 6) is 6.28. The molecule has 0 aliphatic rings. The number of hydrogen-bond donors (Lipinski definition) is 2. The van der Waals surface area contributed by atoms with E-state index in [0.717, 1.165) is 15.8 Å². The first-order valence-corrected chi connectivity index (χ1v) is 8.80. The van der Waals surface area contributed by atoms with Crippen LogP contribution in [0, 0.1) is 0 Å². The lowest BCUT2D eigenvalue weighted by molar-refractivity contribution is 0.407. The van der Waals surface area contributed by atoms with E-state index in [4.69, 9.17) is 10.6 Å². The summed E-state index contributed by atoms with van der Waals surface area (Å²) in [7, 11) is -1.64. The SMILES string of the molecule is COc1ccc(CC(NN)C(C)(C)S(C)(=O)=O)cc1Br. The molecule has 0 amide bonds. The highest BCUT2D eigenvalue weighted by Crippen LogP contribution is 2.28. The van der Waals surface area contributed by atoms with Crippen molar-refractivity contribution in [2.24, 2.45) is 5.84 Å². The van der Waals surface area contributed by atoms with Crippen molar-refractivity contribution in [2.75, 3.05) is 13.4 Å². The van der Waals surface area contributed by atoms with E-state index in [9.17, 15) is 8.42 Å². The number of hydrogen-bond acceptors (Lipinski definition) is 5. The second-order valence-electron chi connectivity index (χ2n) is 5.27. The van der Waals surface area contributed by atoms with Crippen molar-refractivity contribution in [1.82, 2.24) is 5.43 Å². The van der Waals surface area contributed by atoms with E-state index in [-0.39, 0.29) is 0 Å². The fourth-order valence-corrected chi connectivity index (χ4v) is 3.09. The van der Waals surface area contributed by atoms with Crippen molar-refractivity contribution < 1.29 is 13.2 Å². The van der Waals surface area contributed by atoms with Crippen LogP contribution in [0.1, 0.15) is 19.4 Å². The van der Waals surface area contributed by atoms with Crippen LogP contribution in [-0.4, -0.2) is 32.6 Å². The molecular weight excluding hydrogens is 344 g/mol. The Bertz CT molecular complexity index is 573. The maximum Gasteiger partial charge on any atom is 0.154 e. The van der Waals surface area contributed by atoms with Crippen LogP contribution in [0.25, 0.3) is 0 Å². The average molecular weight is 365 g/mol. The standard InChI is InChI=1S/C13H21BrN2O3S/c1-13(2,20(4,17)18)12(16-15)8-9-5-6-11(19-3)10(14)7-9/h5-7,12,16H,8,15H2,1-4H3. The number of rotatable bonds is 6. The maximum atomic E-state index is 11.9. The van der Waals surface area contributed by atoms with Gasteiger partial charge in [0.1, 0.15) is 5.75 Å². The van der Waals surface area contributed by atoms with E-state index in [1.807, 2.05) is 18.2 Å². The van der Waals surface area contributed by atoms with E-state index in [1.54, 1.807) is 21.0 Å². The van der Waals surface area contributed by atoms with Crippen LogP contribution in [-0.2, 0) is 16.3 Å². The van der Waals surface area contributed by atoms with Gasteiger partial charge >= 0.3 is 0 Å². The number of halogens is 1. The molecule has 0 heterocycles. The summed E-state index contributed by atoms with van der Waals surface area (Å²) in [5, 5.41) is 0. The molecule has 1 atom stereocenters. The van der Waals surface area contributed by atoms with Gasteiger partial charge in [0.2, 0.25) is 0 Å². The highest BCUT2D eigenvalue weighted by molar-refractivity contribution is 9.10. The van der Waals surface area contributed by atoms with Crippen LogP contribution >= 0.6 is 15.9 Å². The zero-order valence-electron chi connectivity index (χ0n) is 12.1. The van der Waals surface area contributed by atoms with Crippen molar-refractivity contribution >= 4 is 25.8 Å². The lowest BCUT2D eigenvalue weighted by atomic mass is 9.96. The predicted molar refractivity (Wildman–Crippen MR) is 84.4 cm³/mol. The smallest absolute Gasteiger partial charge is 0.154 e. The summed E-state index contributed by atoms with van der Waals surface area (Å²) in [5.41, 5.74) is 3.59. The Morgan fingerprint density at radius 1 is 1.45 bits per heavy atom. The first-order valence-electron chi connectivity index (χ1n) is 6.11. The first kappa shape index (κ1) is 17.4. The highest BCUT2D eigenvalue weighted by atomic mass is 79.9. The fraction of sp³-hybridized carbons (Fsp3) is 0.538. The number of nitrogens with two attached hydrogens (primary N) is 1.